The Morgan fingerprint density at radius 3 is 3.00 bits per heavy atom. The Kier molecular flexibility index (Phi) is 6.18. The number of aromatic amines is 1. The topological polar surface area (TPSA) is 96.0 Å². The summed E-state index contributed by atoms with van der Waals surface area (Å²) in [5, 5.41) is 19.1. The van der Waals surface area contributed by atoms with Crippen molar-refractivity contribution in [3.8, 4) is 17.0 Å². The van der Waals surface area contributed by atoms with Crippen LogP contribution in [0.5, 0.6) is 5.75 Å². The van der Waals surface area contributed by atoms with Crippen LogP contribution in [0.2, 0.25) is 0 Å². The van der Waals surface area contributed by atoms with Crippen molar-refractivity contribution in [2.24, 2.45) is 0 Å². The number of nitrogens with one attached hydrogen (secondary N) is 2. The maximum atomic E-state index is 14.4. The molecule has 0 bridgehead atoms. The number of rotatable bonds is 6. The molecule has 1 aliphatic rings. The third-order valence-corrected chi connectivity index (χ3v) is 6.20. The Labute approximate surface area is 196 Å². The number of halogens is 1. The van der Waals surface area contributed by atoms with Gasteiger partial charge in [0.05, 0.1) is 25.0 Å². The maximum Gasteiger partial charge on any atom is 0.251 e. The third-order valence-electron chi connectivity index (χ3n) is 6.20. The molecule has 0 radical (unpaired) electrons. The highest BCUT2D eigenvalue weighted by Crippen LogP contribution is 2.27. The fourth-order valence-corrected chi connectivity index (χ4v) is 4.50. The van der Waals surface area contributed by atoms with Gasteiger partial charge >= 0.3 is 0 Å². The highest BCUT2D eigenvalue weighted by atomic mass is 19.1. The average molecular weight is 461 g/mol. The van der Waals surface area contributed by atoms with Gasteiger partial charge in [0.15, 0.2) is 0 Å². The van der Waals surface area contributed by atoms with Gasteiger partial charge < -0.3 is 10.1 Å². The van der Waals surface area contributed by atoms with Crippen molar-refractivity contribution in [2.45, 2.75) is 25.4 Å². The lowest BCUT2D eigenvalue weighted by molar-refractivity contribution is 0.0899. The molecule has 0 saturated carbocycles. The van der Waals surface area contributed by atoms with Crippen LogP contribution in [0.4, 0.5) is 4.39 Å². The minimum atomic E-state index is -0.279. The number of amides is 1. The van der Waals surface area contributed by atoms with Crippen molar-refractivity contribution in [1.29, 1.82) is 0 Å². The normalized spacial score (nSPS) is 16.5. The second-order valence-electron chi connectivity index (χ2n) is 8.43. The zero-order valence-corrected chi connectivity index (χ0v) is 18.8. The van der Waals surface area contributed by atoms with E-state index in [1.54, 1.807) is 37.7 Å². The number of methoxy groups -OCH3 is 1. The van der Waals surface area contributed by atoms with Gasteiger partial charge in [-0.15, -0.1) is 0 Å². The van der Waals surface area contributed by atoms with Crippen LogP contribution in [0.25, 0.3) is 22.2 Å². The van der Waals surface area contributed by atoms with Crippen LogP contribution in [0.3, 0.4) is 0 Å². The van der Waals surface area contributed by atoms with E-state index in [9.17, 15) is 9.18 Å². The Balaban J connectivity index is 1.30. The van der Waals surface area contributed by atoms with Crippen molar-refractivity contribution < 1.29 is 13.9 Å². The standard InChI is InChI=1S/C25H25FN6O2/c1-34-23-6-2-5-21(26)20(23)15-32-11-3-4-18(14-32)29-25(33)16-7-8-22-19(12-16)24(31-30-22)17-9-10-27-28-13-17/h2,5-10,12-13,18H,3-4,11,14-15H2,1H3,(H,29,33)(H,30,31)/t18-/m1/s1. The maximum absolute atomic E-state index is 14.4. The van der Waals surface area contributed by atoms with E-state index < -0.39 is 0 Å². The highest BCUT2D eigenvalue weighted by molar-refractivity contribution is 6.01. The number of nitrogens with zero attached hydrogens (tertiary/aromatic N) is 4. The first-order valence-corrected chi connectivity index (χ1v) is 11.2. The predicted octanol–water partition coefficient (Wildman–Crippen LogP) is 3.56. The molecule has 4 aromatic rings. The Morgan fingerprint density at radius 2 is 2.18 bits per heavy atom. The molecule has 2 aromatic carbocycles. The number of carbonyl (C=O) groups excluding carboxylic acids is 1. The number of aromatic nitrogens is 4. The van der Waals surface area contributed by atoms with Gasteiger partial charge in [-0.25, -0.2) is 4.39 Å². The van der Waals surface area contributed by atoms with E-state index in [1.807, 2.05) is 18.2 Å². The summed E-state index contributed by atoms with van der Waals surface area (Å²) in [6, 6.07) is 12.1. The van der Waals surface area contributed by atoms with Crippen LogP contribution in [0.15, 0.2) is 54.9 Å². The molecule has 9 heteroatoms. The average Bonchev–Trinajstić information content (AvgIpc) is 3.29. The number of H-pyrrole nitrogens is 1. The minimum absolute atomic E-state index is 0.0251. The highest BCUT2D eigenvalue weighted by Gasteiger charge is 2.24. The summed E-state index contributed by atoms with van der Waals surface area (Å²) in [7, 11) is 1.55. The number of piperidine rings is 1. The molecule has 1 amide bonds. The second kappa shape index (κ2) is 9.56. The monoisotopic (exact) mass is 460 g/mol. The first-order valence-electron chi connectivity index (χ1n) is 11.2. The number of carbonyl (C=O) groups is 1. The van der Waals surface area contributed by atoms with Crippen LogP contribution in [0, 0.1) is 5.82 Å². The Hall–Kier alpha value is -3.85. The molecule has 174 valence electrons. The molecule has 8 nitrogen and oxygen atoms in total. The van der Waals surface area contributed by atoms with Crippen LogP contribution < -0.4 is 10.1 Å². The molecule has 1 saturated heterocycles. The number of likely N-dealkylation sites (tertiary alicyclic amines) is 1. The fraction of sp³-hybridized carbons (Fsp3) is 0.280. The number of hydrogen-bond acceptors (Lipinski definition) is 6. The second-order valence-corrected chi connectivity index (χ2v) is 8.43. The minimum Gasteiger partial charge on any atom is -0.496 e. The van der Waals surface area contributed by atoms with E-state index in [1.165, 1.54) is 6.07 Å². The molecule has 0 aliphatic carbocycles. The predicted molar refractivity (Wildman–Crippen MR) is 126 cm³/mol. The molecule has 5 rings (SSSR count). The van der Waals surface area contributed by atoms with Crippen molar-refractivity contribution >= 4 is 16.8 Å². The SMILES string of the molecule is COc1cccc(F)c1CN1CCC[C@@H](NC(=O)c2ccc3[nH]nc(-c4ccnnc4)c3c2)C1. The summed E-state index contributed by atoms with van der Waals surface area (Å²) >= 11 is 0. The quantitative estimate of drug-likeness (QED) is 0.457. The van der Waals surface area contributed by atoms with Gasteiger partial charge in [0.2, 0.25) is 0 Å². The van der Waals surface area contributed by atoms with E-state index in [0.717, 1.165) is 41.5 Å². The molecule has 2 N–H and O–H groups in total. The third kappa shape index (κ3) is 4.47. The van der Waals surface area contributed by atoms with E-state index >= 15 is 0 Å². The lowest BCUT2D eigenvalue weighted by Gasteiger charge is -2.33. The summed E-state index contributed by atoms with van der Waals surface area (Å²) in [5.74, 6) is 0.121. The Morgan fingerprint density at radius 1 is 1.26 bits per heavy atom. The summed E-state index contributed by atoms with van der Waals surface area (Å²) in [4.78, 5) is 15.2. The molecule has 0 unspecified atom stereocenters. The van der Waals surface area contributed by atoms with Crippen molar-refractivity contribution in [3.05, 3.63) is 71.8 Å². The zero-order chi connectivity index (χ0) is 23.5. The van der Waals surface area contributed by atoms with E-state index in [-0.39, 0.29) is 17.8 Å². The molecule has 0 spiro atoms. The fourth-order valence-electron chi connectivity index (χ4n) is 4.50. The summed E-state index contributed by atoms with van der Waals surface area (Å²) in [6.45, 7) is 1.92. The van der Waals surface area contributed by atoms with Crippen LogP contribution >= 0.6 is 0 Å². The van der Waals surface area contributed by atoms with Crippen molar-refractivity contribution in [3.63, 3.8) is 0 Å². The molecule has 34 heavy (non-hydrogen) atoms. The van der Waals surface area contributed by atoms with Gasteiger partial charge in [0, 0.05) is 41.2 Å². The van der Waals surface area contributed by atoms with Crippen molar-refractivity contribution in [2.75, 3.05) is 20.2 Å². The van der Waals surface area contributed by atoms with Gasteiger partial charge in [0.1, 0.15) is 17.3 Å². The molecule has 1 atom stereocenters. The van der Waals surface area contributed by atoms with Crippen LogP contribution in [-0.4, -0.2) is 57.4 Å². The van der Waals surface area contributed by atoms with Gasteiger partial charge in [-0.05, 0) is 55.8 Å². The molecule has 1 fully saturated rings. The Bertz CT molecular complexity index is 1310. The number of ether oxygens (including phenoxy) is 1. The lowest BCUT2D eigenvalue weighted by Crippen LogP contribution is -2.47. The van der Waals surface area contributed by atoms with E-state index in [0.29, 0.717) is 30.0 Å². The van der Waals surface area contributed by atoms with E-state index in [2.05, 4.69) is 30.6 Å². The zero-order valence-electron chi connectivity index (χ0n) is 18.8. The molecular formula is C25H25FN6O2. The van der Waals surface area contributed by atoms with Crippen LogP contribution in [-0.2, 0) is 6.54 Å². The number of benzene rings is 2. The number of hydrogen-bond donors (Lipinski definition) is 2. The summed E-state index contributed by atoms with van der Waals surface area (Å²) in [6.07, 6.45) is 5.04. The molecule has 3 heterocycles. The molecule has 1 aliphatic heterocycles. The van der Waals surface area contributed by atoms with Gasteiger partial charge in [0.25, 0.3) is 5.91 Å². The van der Waals surface area contributed by atoms with E-state index in [4.69, 9.17) is 4.74 Å². The molecule has 2 aromatic heterocycles. The summed E-state index contributed by atoms with van der Waals surface area (Å²) in [5.41, 5.74) is 3.49. The number of fused-ring (bicyclic) bond motifs is 1. The van der Waals surface area contributed by atoms with Gasteiger partial charge in [-0.2, -0.15) is 15.3 Å². The molecular weight excluding hydrogens is 435 g/mol. The van der Waals surface area contributed by atoms with Crippen LogP contribution in [0.1, 0.15) is 28.8 Å². The van der Waals surface area contributed by atoms with Gasteiger partial charge in [-0.1, -0.05) is 6.07 Å². The van der Waals surface area contributed by atoms with Crippen molar-refractivity contribution in [1.82, 2.24) is 30.6 Å². The largest absolute Gasteiger partial charge is 0.496 e. The summed E-state index contributed by atoms with van der Waals surface area (Å²) < 4.78 is 19.7. The first kappa shape index (κ1) is 22.0. The van der Waals surface area contributed by atoms with Gasteiger partial charge in [-0.3, -0.25) is 14.8 Å². The lowest BCUT2D eigenvalue weighted by atomic mass is 10.0. The first-order chi connectivity index (χ1) is 16.6. The smallest absolute Gasteiger partial charge is 0.251 e.